The Morgan fingerprint density at radius 1 is 1.23 bits per heavy atom. The molecule has 1 saturated heterocycles. The molecule has 0 aliphatic carbocycles. The second kappa shape index (κ2) is 6.17. The number of hydrogen-bond donors (Lipinski definition) is 0. The minimum absolute atomic E-state index is 0.0514. The van der Waals surface area contributed by atoms with Gasteiger partial charge in [0.2, 0.25) is 0 Å². The van der Waals surface area contributed by atoms with E-state index in [1.807, 2.05) is 12.3 Å². The lowest BCUT2D eigenvalue weighted by molar-refractivity contribution is 0.392. The molecular formula is C16H20N4O2. The van der Waals surface area contributed by atoms with Crippen molar-refractivity contribution in [3.05, 3.63) is 46.6 Å². The predicted molar refractivity (Wildman–Crippen MR) is 84.5 cm³/mol. The normalized spacial score (nSPS) is 15.8. The maximum Gasteiger partial charge on any atom is 0.257 e. The first-order valence-electron chi connectivity index (χ1n) is 7.45. The van der Waals surface area contributed by atoms with Gasteiger partial charge in [-0.1, -0.05) is 0 Å². The SMILES string of the molecule is COc1nccnc1N1CCC(c2ccn(C)c(=O)c2)CC1. The first-order valence-corrected chi connectivity index (χ1v) is 7.45. The highest BCUT2D eigenvalue weighted by Crippen LogP contribution is 2.31. The van der Waals surface area contributed by atoms with Crippen LogP contribution in [0.5, 0.6) is 5.88 Å². The van der Waals surface area contributed by atoms with Gasteiger partial charge in [0.15, 0.2) is 5.82 Å². The van der Waals surface area contributed by atoms with Crippen LogP contribution < -0.4 is 15.2 Å². The van der Waals surface area contributed by atoms with Crippen molar-refractivity contribution in [1.29, 1.82) is 0 Å². The molecule has 0 saturated carbocycles. The Kier molecular flexibility index (Phi) is 4.09. The molecule has 1 aliphatic heterocycles. The third-order valence-corrected chi connectivity index (χ3v) is 4.23. The largest absolute Gasteiger partial charge is 0.478 e. The highest BCUT2D eigenvalue weighted by Gasteiger charge is 2.24. The second-order valence-electron chi connectivity index (χ2n) is 5.56. The number of piperidine rings is 1. The number of methoxy groups -OCH3 is 1. The molecule has 6 nitrogen and oxygen atoms in total. The Morgan fingerprint density at radius 3 is 2.64 bits per heavy atom. The lowest BCUT2D eigenvalue weighted by atomic mass is 9.90. The Balaban J connectivity index is 1.72. The zero-order valence-electron chi connectivity index (χ0n) is 12.9. The number of rotatable bonds is 3. The van der Waals surface area contributed by atoms with Crippen LogP contribution >= 0.6 is 0 Å². The minimum atomic E-state index is 0.0514. The molecule has 0 unspecified atom stereocenters. The van der Waals surface area contributed by atoms with Crippen molar-refractivity contribution in [3.8, 4) is 5.88 Å². The smallest absolute Gasteiger partial charge is 0.257 e. The van der Waals surface area contributed by atoms with Gasteiger partial charge in [-0.15, -0.1) is 0 Å². The number of nitrogens with zero attached hydrogens (tertiary/aromatic N) is 4. The van der Waals surface area contributed by atoms with Gasteiger partial charge in [0.25, 0.3) is 11.4 Å². The van der Waals surface area contributed by atoms with Crippen LogP contribution in [0.15, 0.2) is 35.5 Å². The predicted octanol–water partition coefficient (Wildman–Crippen LogP) is 1.57. The van der Waals surface area contributed by atoms with Crippen molar-refractivity contribution >= 4 is 5.82 Å². The van der Waals surface area contributed by atoms with Gasteiger partial charge in [-0.2, -0.15) is 0 Å². The highest BCUT2D eigenvalue weighted by molar-refractivity contribution is 5.48. The van der Waals surface area contributed by atoms with Gasteiger partial charge < -0.3 is 14.2 Å². The molecule has 3 heterocycles. The van der Waals surface area contributed by atoms with E-state index in [-0.39, 0.29) is 5.56 Å². The topological polar surface area (TPSA) is 60.3 Å². The Labute approximate surface area is 129 Å². The molecule has 6 heteroatoms. The third-order valence-electron chi connectivity index (χ3n) is 4.23. The van der Waals surface area contributed by atoms with Gasteiger partial charge in [0, 0.05) is 44.8 Å². The molecule has 0 amide bonds. The zero-order chi connectivity index (χ0) is 15.5. The third kappa shape index (κ3) is 2.81. The van der Waals surface area contributed by atoms with Crippen molar-refractivity contribution in [2.75, 3.05) is 25.1 Å². The van der Waals surface area contributed by atoms with Crippen LogP contribution in [-0.4, -0.2) is 34.7 Å². The van der Waals surface area contributed by atoms with E-state index < -0.39 is 0 Å². The number of anilines is 1. The van der Waals surface area contributed by atoms with Crippen LogP contribution in [0.1, 0.15) is 24.3 Å². The standard InChI is InChI=1S/C16H20N4O2/c1-19-8-3-13(11-14(19)21)12-4-9-20(10-5-12)15-16(22-2)18-7-6-17-15/h3,6-8,11-12H,4-5,9-10H2,1-2H3. The number of ether oxygens (including phenoxy) is 1. The summed E-state index contributed by atoms with van der Waals surface area (Å²) in [6.07, 6.45) is 7.15. The number of pyridine rings is 1. The van der Waals surface area contributed by atoms with Gasteiger partial charge in [-0.3, -0.25) is 4.79 Å². The van der Waals surface area contributed by atoms with E-state index in [0.717, 1.165) is 37.3 Å². The fourth-order valence-corrected chi connectivity index (χ4v) is 2.92. The summed E-state index contributed by atoms with van der Waals surface area (Å²) in [4.78, 5) is 22.5. The summed E-state index contributed by atoms with van der Waals surface area (Å²) < 4.78 is 6.88. The van der Waals surface area contributed by atoms with Crippen LogP contribution in [0.4, 0.5) is 5.82 Å². The summed E-state index contributed by atoms with van der Waals surface area (Å²) in [5, 5.41) is 0. The van der Waals surface area contributed by atoms with Crippen LogP contribution in [-0.2, 0) is 7.05 Å². The molecule has 0 aromatic carbocycles. The molecule has 0 N–H and O–H groups in total. The van der Waals surface area contributed by atoms with E-state index in [2.05, 4.69) is 14.9 Å². The van der Waals surface area contributed by atoms with E-state index >= 15 is 0 Å². The molecule has 0 radical (unpaired) electrons. The van der Waals surface area contributed by atoms with Crippen LogP contribution in [0.25, 0.3) is 0 Å². The summed E-state index contributed by atoms with van der Waals surface area (Å²) in [6, 6.07) is 3.80. The average Bonchev–Trinajstić information content (AvgIpc) is 2.57. The Bertz CT molecular complexity index is 705. The van der Waals surface area contributed by atoms with Gasteiger partial charge in [0.05, 0.1) is 7.11 Å². The Hall–Kier alpha value is -2.37. The monoisotopic (exact) mass is 300 g/mol. The van der Waals surface area contributed by atoms with Gasteiger partial charge in [-0.05, 0) is 30.4 Å². The molecule has 1 fully saturated rings. The lowest BCUT2D eigenvalue weighted by Gasteiger charge is -2.33. The maximum atomic E-state index is 11.8. The summed E-state index contributed by atoms with van der Waals surface area (Å²) in [5.74, 6) is 1.79. The molecule has 0 bridgehead atoms. The van der Waals surface area contributed by atoms with Gasteiger partial charge >= 0.3 is 0 Å². The number of aromatic nitrogens is 3. The first kappa shape index (κ1) is 14.6. The average molecular weight is 300 g/mol. The molecule has 0 atom stereocenters. The quantitative estimate of drug-likeness (QED) is 0.861. The van der Waals surface area contributed by atoms with Crippen molar-refractivity contribution in [3.63, 3.8) is 0 Å². The van der Waals surface area contributed by atoms with Crippen molar-refractivity contribution in [2.24, 2.45) is 7.05 Å². The van der Waals surface area contributed by atoms with E-state index in [0.29, 0.717) is 11.8 Å². The number of hydrogen-bond acceptors (Lipinski definition) is 5. The zero-order valence-corrected chi connectivity index (χ0v) is 12.9. The molecular weight excluding hydrogens is 280 g/mol. The lowest BCUT2D eigenvalue weighted by Crippen LogP contribution is -2.34. The molecule has 1 aliphatic rings. The van der Waals surface area contributed by atoms with Crippen LogP contribution in [0, 0.1) is 0 Å². The summed E-state index contributed by atoms with van der Waals surface area (Å²) in [5.41, 5.74) is 1.18. The molecule has 2 aromatic heterocycles. The minimum Gasteiger partial charge on any atom is -0.478 e. The summed E-state index contributed by atoms with van der Waals surface area (Å²) >= 11 is 0. The summed E-state index contributed by atoms with van der Waals surface area (Å²) in [7, 11) is 3.38. The van der Waals surface area contributed by atoms with Crippen molar-refractivity contribution in [2.45, 2.75) is 18.8 Å². The van der Waals surface area contributed by atoms with E-state index in [1.165, 1.54) is 0 Å². The van der Waals surface area contributed by atoms with Gasteiger partial charge in [0.1, 0.15) is 0 Å². The number of aryl methyl sites for hydroxylation is 1. The molecule has 2 aromatic rings. The van der Waals surface area contributed by atoms with Crippen LogP contribution in [0.3, 0.4) is 0 Å². The summed E-state index contributed by atoms with van der Waals surface area (Å²) in [6.45, 7) is 1.77. The molecule has 116 valence electrons. The highest BCUT2D eigenvalue weighted by atomic mass is 16.5. The second-order valence-corrected chi connectivity index (χ2v) is 5.56. The van der Waals surface area contributed by atoms with E-state index in [9.17, 15) is 4.79 Å². The van der Waals surface area contributed by atoms with Crippen LogP contribution in [0.2, 0.25) is 0 Å². The fraction of sp³-hybridized carbons (Fsp3) is 0.438. The molecule has 3 rings (SSSR count). The molecule has 0 spiro atoms. The first-order chi connectivity index (χ1) is 10.7. The fourth-order valence-electron chi connectivity index (χ4n) is 2.92. The van der Waals surface area contributed by atoms with E-state index in [4.69, 9.17) is 4.74 Å². The van der Waals surface area contributed by atoms with Crippen molar-refractivity contribution in [1.82, 2.24) is 14.5 Å². The van der Waals surface area contributed by atoms with Crippen molar-refractivity contribution < 1.29 is 4.74 Å². The molecule has 22 heavy (non-hydrogen) atoms. The van der Waals surface area contributed by atoms with E-state index in [1.54, 1.807) is 37.2 Å². The maximum absolute atomic E-state index is 11.8. The van der Waals surface area contributed by atoms with Gasteiger partial charge in [-0.25, -0.2) is 9.97 Å². The Morgan fingerprint density at radius 2 is 1.95 bits per heavy atom.